The van der Waals surface area contributed by atoms with E-state index in [2.05, 4.69) is 5.10 Å². The molecule has 1 aliphatic rings. The number of ether oxygens (including phenoxy) is 2. The van der Waals surface area contributed by atoms with Crippen LogP contribution in [0.25, 0.3) is 0 Å². The van der Waals surface area contributed by atoms with Crippen molar-refractivity contribution >= 4 is 28.5 Å². The Morgan fingerprint density at radius 1 is 1.29 bits per heavy atom. The van der Waals surface area contributed by atoms with Crippen LogP contribution in [0.3, 0.4) is 0 Å². The Bertz CT molecular complexity index is 1010. The first kappa shape index (κ1) is 22.9. The largest absolute Gasteiger partial charge is 0.386 e. The van der Waals surface area contributed by atoms with Crippen LogP contribution in [-0.2, 0) is 19.1 Å². The molecular weight excluding hydrogens is 426 g/mol. The molecular formula is C21H22F2N4O3S. The lowest BCUT2D eigenvalue weighted by Crippen LogP contribution is -2.48. The summed E-state index contributed by atoms with van der Waals surface area (Å²) in [7, 11) is 1.39. The highest BCUT2D eigenvalue weighted by atomic mass is 32.2. The quantitative estimate of drug-likeness (QED) is 0.478. The second kappa shape index (κ2) is 9.54. The number of methoxy groups -OCH3 is 1. The van der Waals surface area contributed by atoms with Gasteiger partial charge >= 0.3 is 0 Å². The lowest BCUT2D eigenvalue weighted by molar-refractivity contribution is -0.146. The van der Waals surface area contributed by atoms with Gasteiger partial charge in [0.25, 0.3) is 5.91 Å². The minimum atomic E-state index is -1.24. The fraction of sp³-hybridized carbons (Fsp3) is 0.286. The summed E-state index contributed by atoms with van der Waals surface area (Å²) in [5.74, 6) is -1.98. The maximum Gasteiger partial charge on any atom is 0.273 e. The third-order valence-corrected chi connectivity index (χ3v) is 6.01. The predicted octanol–water partition coefficient (Wildman–Crippen LogP) is 3.04. The molecule has 3 rings (SSSR count). The Morgan fingerprint density at radius 3 is 2.65 bits per heavy atom. The van der Waals surface area contributed by atoms with E-state index in [-0.39, 0.29) is 29.7 Å². The Morgan fingerprint density at radius 2 is 2.00 bits per heavy atom. The monoisotopic (exact) mass is 448 g/mol. The molecule has 0 aliphatic carbocycles. The van der Waals surface area contributed by atoms with Crippen molar-refractivity contribution < 1.29 is 23.0 Å². The third kappa shape index (κ3) is 4.76. The van der Waals surface area contributed by atoms with Crippen molar-refractivity contribution in [3.8, 4) is 0 Å². The van der Waals surface area contributed by atoms with Crippen molar-refractivity contribution in [3.05, 3.63) is 71.3 Å². The number of rotatable bonds is 8. The molecule has 2 aromatic carbocycles. The molecule has 1 amide bonds. The summed E-state index contributed by atoms with van der Waals surface area (Å²) in [6, 6.07) is 12.0. The predicted molar refractivity (Wildman–Crippen MR) is 115 cm³/mol. The van der Waals surface area contributed by atoms with E-state index in [1.54, 1.807) is 31.2 Å². The zero-order valence-electron chi connectivity index (χ0n) is 17.0. The number of hydrazone groups is 1. The first-order chi connectivity index (χ1) is 14.8. The number of nitrogens with zero attached hydrogens (tertiary/aromatic N) is 2. The first-order valence-electron chi connectivity index (χ1n) is 9.34. The van der Waals surface area contributed by atoms with Crippen LogP contribution >= 0.6 is 11.8 Å². The van der Waals surface area contributed by atoms with Crippen molar-refractivity contribution in [3.63, 3.8) is 0 Å². The topological polar surface area (TPSA) is 101 Å². The maximum absolute atomic E-state index is 14.5. The molecule has 0 spiro atoms. The fourth-order valence-electron chi connectivity index (χ4n) is 3.02. The highest BCUT2D eigenvalue weighted by molar-refractivity contribution is 8.15. The lowest BCUT2D eigenvalue weighted by Gasteiger charge is -2.36. The second-order valence-electron chi connectivity index (χ2n) is 6.83. The maximum atomic E-state index is 14.5. The Balaban J connectivity index is 2.13. The van der Waals surface area contributed by atoms with E-state index >= 15 is 0 Å². The van der Waals surface area contributed by atoms with Gasteiger partial charge < -0.3 is 15.2 Å². The van der Waals surface area contributed by atoms with Crippen molar-refractivity contribution in [1.29, 1.82) is 5.41 Å². The number of amidine groups is 1. The van der Waals surface area contributed by atoms with Crippen LogP contribution < -0.4 is 5.73 Å². The Labute approximate surface area is 182 Å². The molecule has 0 fully saturated rings. The molecule has 1 heterocycles. The number of nitrogens with one attached hydrogen (secondary N) is 1. The average Bonchev–Trinajstić information content (AvgIpc) is 3.15. The molecule has 0 aromatic heterocycles. The number of hydrogen-bond acceptors (Lipinski definition) is 6. The molecule has 2 atom stereocenters. The lowest BCUT2D eigenvalue weighted by atomic mass is 10.1. The second-order valence-corrected chi connectivity index (χ2v) is 8.09. The van der Waals surface area contributed by atoms with E-state index in [0.717, 1.165) is 30.0 Å². The van der Waals surface area contributed by atoms with Gasteiger partial charge in [0.15, 0.2) is 4.87 Å². The standard InChI is InChI=1S/C21H22F2N4O3S/c1-13(29-2)20(28)27-21(12-30-11-18(24)25,14-6-4-3-5-7-14)31-19(26-27)16-10-15(22)8-9-17(16)23/h3-10,13H,11-12H2,1-2H3,(H3,24,25). The van der Waals surface area contributed by atoms with Crippen molar-refractivity contribution in [2.24, 2.45) is 10.8 Å². The summed E-state index contributed by atoms with van der Waals surface area (Å²) < 4.78 is 39.2. The Kier molecular flexibility index (Phi) is 7.04. The number of carbonyl (C=O) groups is 1. The zero-order chi connectivity index (χ0) is 22.6. The van der Waals surface area contributed by atoms with Gasteiger partial charge in [0.05, 0.1) is 6.61 Å². The minimum Gasteiger partial charge on any atom is -0.386 e. The third-order valence-electron chi connectivity index (χ3n) is 4.65. The van der Waals surface area contributed by atoms with Crippen LogP contribution in [0.15, 0.2) is 53.6 Å². The smallest absolute Gasteiger partial charge is 0.273 e. The van der Waals surface area contributed by atoms with E-state index in [1.807, 2.05) is 6.07 Å². The van der Waals surface area contributed by atoms with Crippen LogP contribution in [0.2, 0.25) is 0 Å². The van der Waals surface area contributed by atoms with Gasteiger partial charge in [0, 0.05) is 12.7 Å². The number of nitrogens with two attached hydrogens (primary N) is 1. The van der Waals surface area contributed by atoms with Gasteiger partial charge in [0.2, 0.25) is 0 Å². The van der Waals surface area contributed by atoms with E-state index in [1.165, 1.54) is 12.1 Å². The van der Waals surface area contributed by atoms with Crippen LogP contribution in [0, 0.1) is 17.0 Å². The molecule has 0 bridgehead atoms. The van der Waals surface area contributed by atoms with Crippen molar-refractivity contribution in [1.82, 2.24) is 5.01 Å². The SMILES string of the molecule is COC(C)C(=O)N1N=C(c2cc(F)ccc2F)SC1(COCC(=N)N)c1ccccc1. The number of amides is 1. The van der Waals surface area contributed by atoms with Crippen molar-refractivity contribution in [2.75, 3.05) is 20.3 Å². The molecule has 7 nitrogen and oxygen atoms in total. The van der Waals surface area contributed by atoms with Gasteiger partial charge in [0.1, 0.15) is 35.2 Å². The van der Waals surface area contributed by atoms with E-state index in [9.17, 15) is 13.6 Å². The molecule has 0 radical (unpaired) electrons. The number of halogens is 2. The van der Waals surface area contributed by atoms with E-state index < -0.39 is 28.5 Å². The number of carbonyl (C=O) groups excluding carboxylic acids is 1. The summed E-state index contributed by atoms with van der Waals surface area (Å²) in [6.07, 6.45) is -0.850. The van der Waals surface area contributed by atoms with Crippen LogP contribution in [0.4, 0.5) is 8.78 Å². The van der Waals surface area contributed by atoms with E-state index in [0.29, 0.717) is 5.56 Å². The van der Waals surface area contributed by atoms with Gasteiger partial charge in [-0.25, -0.2) is 13.8 Å². The number of hydrogen-bond donors (Lipinski definition) is 2. The zero-order valence-corrected chi connectivity index (χ0v) is 17.8. The first-order valence-corrected chi connectivity index (χ1v) is 10.2. The number of thioether (sulfide) groups is 1. The molecule has 2 aromatic rings. The highest BCUT2D eigenvalue weighted by Crippen LogP contribution is 2.48. The normalized spacial score (nSPS) is 19.2. The van der Waals surface area contributed by atoms with Gasteiger partial charge in [-0.05, 0) is 30.7 Å². The van der Waals surface area contributed by atoms with Crippen LogP contribution in [0.1, 0.15) is 18.1 Å². The molecule has 0 saturated heterocycles. The highest BCUT2D eigenvalue weighted by Gasteiger charge is 2.50. The van der Waals surface area contributed by atoms with Gasteiger partial charge in [-0.15, -0.1) is 0 Å². The molecule has 1 aliphatic heterocycles. The van der Waals surface area contributed by atoms with Gasteiger partial charge in [-0.2, -0.15) is 5.10 Å². The summed E-state index contributed by atoms with van der Waals surface area (Å²) in [5, 5.41) is 13.1. The Hall–Kier alpha value is -2.82. The summed E-state index contributed by atoms with van der Waals surface area (Å²) in [5.41, 5.74) is 5.99. The summed E-state index contributed by atoms with van der Waals surface area (Å²) >= 11 is 1.06. The molecule has 164 valence electrons. The van der Waals surface area contributed by atoms with Crippen LogP contribution in [0.5, 0.6) is 0 Å². The van der Waals surface area contributed by atoms with Gasteiger partial charge in [-0.3, -0.25) is 10.2 Å². The molecule has 31 heavy (non-hydrogen) atoms. The number of benzene rings is 2. The summed E-state index contributed by atoms with van der Waals surface area (Å²) in [6.45, 7) is 1.30. The average molecular weight is 448 g/mol. The minimum absolute atomic E-state index is 0.0720. The molecule has 0 saturated carbocycles. The van der Waals surface area contributed by atoms with E-state index in [4.69, 9.17) is 20.6 Å². The van der Waals surface area contributed by atoms with Crippen molar-refractivity contribution in [2.45, 2.75) is 17.9 Å². The summed E-state index contributed by atoms with van der Waals surface area (Å²) in [4.78, 5) is 11.9. The molecule has 10 heteroatoms. The molecule has 2 unspecified atom stereocenters. The van der Waals surface area contributed by atoms with Gasteiger partial charge in [-0.1, -0.05) is 42.1 Å². The fourth-order valence-corrected chi connectivity index (χ4v) is 4.34. The molecule has 3 N–H and O–H groups in total. The van der Waals surface area contributed by atoms with Crippen LogP contribution in [-0.4, -0.2) is 48.2 Å².